The number of hydrogen-bond acceptors (Lipinski definition) is 7. The number of carbonyl (C=O) groups is 1. The minimum Gasteiger partial charge on any atom is -0.495 e. The van der Waals surface area contributed by atoms with Crippen molar-refractivity contribution in [2.45, 2.75) is 5.16 Å². The van der Waals surface area contributed by atoms with E-state index in [2.05, 4.69) is 10.3 Å². The number of thioether (sulfide) groups is 1. The first-order chi connectivity index (χ1) is 13.4. The van der Waals surface area contributed by atoms with Gasteiger partial charge in [-0.1, -0.05) is 35.5 Å². The molecule has 0 unspecified atom stereocenters. The molecule has 0 radical (unpaired) electrons. The van der Waals surface area contributed by atoms with Crippen molar-refractivity contribution in [1.82, 2.24) is 9.66 Å². The van der Waals surface area contributed by atoms with Crippen molar-refractivity contribution in [3.63, 3.8) is 0 Å². The van der Waals surface area contributed by atoms with Crippen LogP contribution < -0.4 is 26.2 Å². The van der Waals surface area contributed by atoms with Crippen LogP contribution in [0.25, 0.3) is 10.9 Å². The first kappa shape index (κ1) is 19.8. The molecule has 0 bridgehead atoms. The Morgan fingerprint density at radius 2 is 1.96 bits per heavy atom. The van der Waals surface area contributed by atoms with E-state index in [0.717, 1.165) is 16.4 Å². The topological polar surface area (TPSA) is 108 Å². The molecule has 3 rings (SSSR count). The van der Waals surface area contributed by atoms with E-state index in [4.69, 9.17) is 26.9 Å². The molecule has 146 valence electrons. The van der Waals surface area contributed by atoms with Gasteiger partial charge in [-0.3, -0.25) is 9.59 Å². The van der Waals surface area contributed by atoms with Crippen molar-refractivity contribution in [2.24, 2.45) is 0 Å². The Hall–Kier alpha value is -2.91. The fraction of sp³-hybridized carbons (Fsp3) is 0.167. The average Bonchev–Trinajstić information content (AvgIpc) is 2.70. The number of benzene rings is 2. The van der Waals surface area contributed by atoms with Crippen LogP contribution >= 0.6 is 23.4 Å². The Kier molecular flexibility index (Phi) is 5.96. The summed E-state index contributed by atoms with van der Waals surface area (Å²) in [5.74, 6) is 6.29. The molecule has 8 nitrogen and oxygen atoms in total. The fourth-order valence-electron chi connectivity index (χ4n) is 2.50. The number of ether oxygens (including phenoxy) is 2. The molecule has 0 saturated carbocycles. The summed E-state index contributed by atoms with van der Waals surface area (Å²) in [5, 5.41) is 3.69. The zero-order chi connectivity index (χ0) is 20.3. The van der Waals surface area contributed by atoms with Crippen LogP contribution in [0.2, 0.25) is 5.02 Å². The largest absolute Gasteiger partial charge is 0.495 e. The number of nitrogens with zero attached hydrogens (tertiary/aromatic N) is 2. The molecule has 0 saturated heterocycles. The van der Waals surface area contributed by atoms with Crippen LogP contribution in [0.15, 0.2) is 46.3 Å². The highest BCUT2D eigenvalue weighted by atomic mass is 35.5. The van der Waals surface area contributed by atoms with Gasteiger partial charge in [0.2, 0.25) is 5.91 Å². The number of methoxy groups -OCH3 is 2. The predicted octanol–water partition coefficient (Wildman–Crippen LogP) is 2.51. The van der Waals surface area contributed by atoms with Gasteiger partial charge in [-0.25, -0.2) is 9.66 Å². The number of aromatic nitrogens is 2. The van der Waals surface area contributed by atoms with E-state index in [0.29, 0.717) is 33.1 Å². The van der Waals surface area contributed by atoms with Crippen LogP contribution in [-0.4, -0.2) is 35.5 Å². The Morgan fingerprint density at radius 3 is 2.68 bits per heavy atom. The smallest absolute Gasteiger partial charge is 0.280 e. The zero-order valence-corrected chi connectivity index (χ0v) is 16.6. The van der Waals surface area contributed by atoms with Gasteiger partial charge in [0.15, 0.2) is 5.16 Å². The third-order valence-electron chi connectivity index (χ3n) is 3.86. The SMILES string of the molecule is COc1cc(OC)c(NC(=O)CSc2nc3ccccc3c(=O)n2N)cc1Cl. The zero-order valence-electron chi connectivity index (χ0n) is 15.1. The lowest BCUT2D eigenvalue weighted by Crippen LogP contribution is -2.30. The standard InChI is InChI=1S/C18H17ClN4O4S/c1-26-14-8-15(27-2)13(7-11(14)19)21-16(24)9-28-18-22-12-6-4-3-5-10(12)17(25)23(18)20/h3-8H,9,20H2,1-2H3,(H,21,24). The van der Waals surface area contributed by atoms with Crippen LogP contribution in [0.1, 0.15) is 0 Å². The van der Waals surface area contributed by atoms with E-state index in [1.165, 1.54) is 20.3 Å². The van der Waals surface area contributed by atoms with Crippen molar-refractivity contribution < 1.29 is 14.3 Å². The summed E-state index contributed by atoms with van der Waals surface area (Å²) in [5.41, 5.74) is 0.535. The predicted molar refractivity (Wildman–Crippen MR) is 110 cm³/mol. The molecule has 1 heterocycles. The third-order valence-corrected chi connectivity index (χ3v) is 5.10. The molecule has 3 aromatic rings. The van der Waals surface area contributed by atoms with Gasteiger partial charge in [-0.2, -0.15) is 0 Å². The molecule has 0 atom stereocenters. The van der Waals surface area contributed by atoms with Gasteiger partial charge >= 0.3 is 0 Å². The Labute approximate surface area is 169 Å². The van der Waals surface area contributed by atoms with E-state index in [1.54, 1.807) is 30.3 Å². The van der Waals surface area contributed by atoms with E-state index in [-0.39, 0.29) is 22.4 Å². The number of anilines is 1. The first-order valence-electron chi connectivity index (χ1n) is 8.05. The van der Waals surface area contributed by atoms with Gasteiger partial charge in [0, 0.05) is 6.07 Å². The second-order valence-corrected chi connectivity index (χ2v) is 6.96. The van der Waals surface area contributed by atoms with Gasteiger partial charge in [0.25, 0.3) is 5.56 Å². The summed E-state index contributed by atoms with van der Waals surface area (Å²) in [6.07, 6.45) is 0. The molecule has 28 heavy (non-hydrogen) atoms. The lowest BCUT2D eigenvalue weighted by Gasteiger charge is -2.13. The number of rotatable bonds is 6. The van der Waals surface area contributed by atoms with Gasteiger partial charge in [0.05, 0.1) is 41.6 Å². The van der Waals surface area contributed by atoms with Gasteiger partial charge in [-0.15, -0.1) is 0 Å². The summed E-state index contributed by atoms with van der Waals surface area (Å²) >= 11 is 7.15. The van der Waals surface area contributed by atoms with E-state index >= 15 is 0 Å². The number of hydrogen-bond donors (Lipinski definition) is 2. The summed E-state index contributed by atoms with van der Waals surface area (Å²) < 4.78 is 11.3. The fourth-order valence-corrected chi connectivity index (χ4v) is 3.46. The molecule has 0 aliphatic carbocycles. The summed E-state index contributed by atoms with van der Waals surface area (Å²) in [4.78, 5) is 29.0. The number of halogens is 1. The number of amides is 1. The molecule has 3 N–H and O–H groups in total. The molecular formula is C18H17ClN4O4S. The highest BCUT2D eigenvalue weighted by Gasteiger charge is 2.15. The molecule has 0 fully saturated rings. The van der Waals surface area contributed by atoms with Crippen molar-refractivity contribution >= 4 is 45.9 Å². The second-order valence-electron chi connectivity index (χ2n) is 5.61. The lowest BCUT2D eigenvalue weighted by molar-refractivity contribution is -0.113. The Bertz CT molecular complexity index is 1100. The van der Waals surface area contributed by atoms with Crippen molar-refractivity contribution in [3.05, 3.63) is 51.8 Å². The highest BCUT2D eigenvalue weighted by molar-refractivity contribution is 7.99. The monoisotopic (exact) mass is 420 g/mol. The highest BCUT2D eigenvalue weighted by Crippen LogP contribution is 2.36. The number of nitrogen functional groups attached to an aromatic ring is 1. The average molecular weight is 421 g/mol. The maximum absolute atomic E-state index is 12.4. The molecule has 0 aliphatic rings. The number of nitrogens with one attached hydrogen (secondary N) is 1. The number of para-hydroxylation sites is 1. The van der Waals surface area contributed by atoms with Crippen LogP contribution in [0.3, 0.4) is 0 Å². The van der Waals surface area contributed by atoms with E-state index < -0.39 is 0 Å². The number of nitrogens with two attached hydrogens (primary N) is 1. The summed E-state index contributed by atoms with van der Waals surface area (Å²) in [7, 11) is 2.96. The lowest BCUT2D eigenvalue weighted by atomic mass is 10.2. The van der Waals surface area contributed by atoms with Gasteiger partial charge in [0.1, 0.15) is 11.5 Å². The van der Waals surface area contributed by atoms with Crippen LogP contribution in [0.5, 0.6) is 11.5 Å². The molecule has 0 spiro atoms. The van der Waals surface area contributed by atoms with Gasteiger partial charge < -0.3 is 20.6 Å². The number of fused-ring (bicyclic) bond motifs is 1. The van der Waals surface area contributed by atoms with Crippen LogP contribution in [0.4, 0.5) is 5.69 Å². The minimum atomic E-state index is -0.378. The third kappa shape index (κ3) is 4.00. The maximum atomic E-state index is 12.4. The summed E-state index contributed by atoms with van der Waals surface area (Å²) in [6.45, 7) is 0. The molecule has 10 heteroatoms. The maximum Gasteiger partial charge on any atom is 0.280 e. The van der Waals surface area contributed by atoms with E-state index in [1.807, 2.05) is 0 Å². The Morgan fingerprint density at radius 1 is 1.25 bits per heavy atom. The van der Waals surface area contributed by atoms with Crippen LogP contribution in [0, 0.1) is 0 Å². The quantitative estimate of drug-likeness (QED) is 0.358. The molecule has 1 amide bonds. The van der Waals surface area contributed by atoms with Crippen LogP contribution in [-0.2, 0) is 4.79 Å². The normalized spacial score (nSPS) is 10.7. The van der Waals surface area contributed by atoms with Crippen molar-refractivity contribution in [3.8, 4) is 11.5 Å². The molecule has 2 aromatic carbocycles. The molecule has 0 aliphatic heterocycles. The van der Waals surface area contributed by atoms with Crippen molar-refractivity contribution in [1.29, 1.82) is 0 Å². The summed E-state index contributed by atoms with van der Waals surface area (Å²) in [6, 6.07) is 9.98. The molecular weight excluding hydrogens is 404 g/mol. The minimum absolute atomic E-state index is 0.0191. The van der Waals surface area contributed by atoms with E-state index in [9.17, 15) is 9.59 Å². The Balaban J connectivity index is 1.77. The first-order valence-corrected chi connectivity index (χ1v) is 9.42. The molecule has 1 aromatic heterocycles. The second kappa shape index (κ2) is 8.41. The van der Waals surface area contributed by atoms with Crippen molar-refractivity contribution in [2.75, 3.05) is 31.1 Å². The number of carbonyl (C=O) groups excluding carboxylic acids is 1. The van der Waals surface area contributed by atoms with Gasteiger partial charge in [-0.05, 0) is 18.2 Å².